The number of allylic oxidation sites excluding steroid dienone is 5. The number of anilines is 2. The molecular weight excluding hydrogens is 441 g/mol. The zero-order chi connectivity index (χ0) is 24.2. The third-order valence-corrected chi connectivity index (χ3v) is 4.24. The molecule has 0 aliphatic heterocycles. The maximum atomic E-state index is 12.7. The predicted molar refractivity (Wildman–Crippen MR) is 114 cm³/mol. The number of nitrogens with zero attached hydrogens (tertiary/aromatic N) is 5. The highest BCUT2D eigenvalue weighted by molar-refractivity contribution is 5.98. The SMILES string of the molecule is C=C/C(=C\C=C(/C)NC(=O)Nc1ccnc(C(F)(F)F)n1)c1c(C=O)cn2ncnc(N)c12. The second-order valence-corrected chi connectivity index (χ2v) is 6.53. The summed E-state index contributed by atoms with van der Waals surface area (Å²) in [7, 11) is 0. The fourth-order valence-corrected chi connectivity index (χ4v) is 2.85. The van der Waals surface area contributed by atoms with E-state index in [1.807, 2.05) is 0 Å². The highest BCUT2D eigenvalue weighted by Gasteiger charge is 2.34. The average molecular weight is 458 g/mol. The van der Waals surface area contributed by atoms with E-state index in [2.05, 4.69) is 37.3 Å². The first-order valence-corrected chi connectivity index (χ1v) is 9.20. The maximum absolute atomic E-state index is 12.7. The van der Waals surface area contributed by atoms with Gasteiger partial charge in [-0.1, -0.05) is 18.7 Å². The Bertz CT molecular complexity index is 1290. The van der Waals surface area contributed by atoms with E-state index in [-0.39, 0.29) is 11.6 Å². The number of nitrogens with two attached hydrogens (primary N) is 1. The lowest BCUT2D eigenvalue weighted by Crippen LogP contribution is -2.28. The second kappa shape index (κ2) is 9.30. The van der Waals surface area contributed by atoms with E-state index in [9.17, 15) is 22.8 Å². The van der Waals surface area contributed by atoms with Gasteiger partial charge in [0, 0.05) is 29.2 Å². The molecule has 3 heterocycles. The van der Waals surface area contributed by atoms with E-state index >= 15 is 0 Å². The maximum Gasteiger partial charge on any atom is 0.451 e. The third-order valence-electron chi connectivity index (χ3n) is 4.24. The van der Waals surface area contributed by atoms with Crippen molar-refractivity contribution < 1.29 is 22.8 Å². The molecule has 0 radical (unpaired) electrons. The lowest BCUT2D eigenvalue weighted by Gasteiger charge is -2.09. The van der Waals surface area contributed by atoms with Gasteiger partial charge in [-0.25, -0.2) is 24.3 Å². The number of fused-ring (bicyclic) bond motifs is 1. The highest BCUT2D eigenvalue weighted by atomic mass is 19.4. The number of hydrogen-bond donors (Lipinski definition) is 3. The van der Waals surface area contributed by atoms with Gasteiger partial charge in [-0.2, -0.15) is 18.3 Å². The first-order chi connectivity index (χ1) is 15.6. The Hall–Kier alpha value is -4.55. The Morgan fingerprint density at radius 1 is 1.27 bits per heavy atom. The summed E-state index contributed by atoms with van der Waals surface area (Å²) in [6, 6.07) is 0.305. The van der Waals surface area contributed by atoms with E-state index in [4.69, 9.17) is 5.73 Å². The number of carbonyl (C=O) groups excluding carboxylic acids is 2. The van der Waals surface area contributed by atoms with Gasteiger partial charge in [-0.05, 0) is 24.6 Å². The first-order valence-electron chi connectivity index (χ1n) is 9.20. The quantitative estimate of drug-likeness (QED) is 0.380. The van der Waals surface area contributed by atoms with Crippen LogP contribution in [0.25, 0.3) is 11.1 Å². The van der Waals surface area contributed by atoms with E-state index in [1.165, 1.54) is 29.2 Å². The molecule has 0 bridgehead atoms. The molecule has 170 valence electrons. The minimum absolute atomic E-state index is 0.155. The van der Waals surface area contributed by atoms with Gasteiger partial charge in [-0.3, -0.25) is 10.1 Å². The molecule has 0 fully saturated rings. The summed E-state index contributed by atoms with van der Waals surface area (Å²) < 4.78 is 39.5. The van der Waals surface area contributed by atoms with Gasteiger partial charge in [0.1, 0.15) is 17.7 Å². The Morgan fingerprint density at radius 2 is 2.03 bits per heavy atom. The van der Waals surface area contributed by atoms with Crippen LogP contribution >= 0.6 is 0 Å². The standard InChI is InChI=1S/C20H17F3N8O2/c1-3-12(15-13(9-32)8-31-16(15)17(24)26-10-27-31)5-4-11(2)28-19(33)30-14-6-7-25-18(29-14)20(21,22)23/h3-10H,1H2,2H3,(H2,24,26,27)(H2,25,28,29,30,33)/b11-4+,12-5+. The number of aromatic nitrogens is 5. The van der Waals surface area contributed by atoms with Crippen LogP contribution in [0, 0.1) is 0 Å². The van der Waals surface area contributed by atoms with E-state index < -0.39 is 18.0 Å². The predicted octanol–water partition coefficient (Wildman–Crippen LogP) is 3.23. The topological polar surface area (TPSA) is 140 Å². The summed E-state index contributed by atoms with van der Waals surface area (Å²) in [4.78, 5) is 34.0. The molecule has 2 amide bonds. The van der Waals surface area contributed by atoms with Crippen LogP contribution in [0.1, 0.15) is 28.7 Å². The first kappa shape index (κ1) is 23.1. The minimum Gasteiger partial charge on any atom is -0.382 e. The molecular formula is C20H17F3N8O2. The molecule has 0 aliphatic rings. The van der Waals surface area contributed by atoms with Crippen LogP contribution in [-0.4, -0.2) is 36.9 Å². The molecule has 33 heavy (non-hydrogen) atoms. The molecule has 3 rings (SSSR count). The third kappa shape index (κ3) is 5.20. The molecule has 3 aromatic heterocycles. The Morgan fingerprint density at radius 3 is 2.70 bits per heavy atom. The fourth-order valence-electron chi connectivity index (χ4n) is 2.85. The van der Waals surface area contributed by atoms with Gasteiger partial charge < -0.3 is 11.1 Å². The zero-order valence-corrected chi connectivity index (χ0v) is 17.1. The second-order valence-electron chi connectivity index (χ2n) is 6.53. The molecule has 0 atom stereocenters. The normalized spacial score (nSPS) is 12.5. The number of urea groups is 1. The van der Waals surface area contributed by atoms with Crippen molar-refractivity contribution in [1.82, 2.24) is 29.9 Å². The van der Waals surface area contributed by atoms with Crippen molar-refractivity contribution in [3.63, 3.8) is 0 Å². The van der Waals surface area contributed by atoms with Gasteiger partial charge >= 0.3 is 12.2 Å². The molecule has 0 spiro atoms. The van der Waals surface area contributed by atoms with Crippen LogP contribution in [0.5, 0.6) is 0 Å². The summed E-state index contributed by atoms with van der Waals surface area (Å²) in [5.41, 5.74) is 7.92. The van der Waals surface area contributed by atoms with Crippen molar-refractivity contribution in [3.05, 3.63) is 72.2 Å². The molecule has 4 N–H and O–H groups in total. The monoisotopic (exact) mass is 458 g/mol. The Kier molecular flexibility index (Phi) is 6.51. The van der Waals surface area contributed by atoms with Crippen molar-refractivity contribution in [3.8, 4) is 0 Å². The van der Waals surface area contributed by atoms with Gasteiger partial charge in [0.15, 0.2) is 12.1 Å². The van der Waals surface area contributed by atoms with Crippen LogP contribution in [0.15, 0.2) is 55.3 Å². The summed E-state index contributed by atoms with van der Waals surface area (Å²) in [6.07, 6.45) is 4.09. The summed E-state index contributed by atoms with van der Waals surface area (Å²) in [5.74, 6) is -1.54. The van der Waals surface area contributed by atoms with E-state index in [1.54, 1.807) is 13.0 Å². The molecule has 0 saturated carbocycles. The van der Waals surface area contributed by atoms with Crippen molar-refractivity contribution in [1.29, 1.82) is 0 Å². The van der Waals surface area contributed by atoms with Crippen molar-refractivity contribution in [2.24, 2.45) is 0 Å². The zero-order valence-electron chi connectivity index (χ0n) is 17.1. The number of amides is 2. The molecule has 0 aliphatic carbocycles. The van der Waals surface area contributed by atoms with E-state index in [0.29, 0.717) is 34.2 Å². The minimum atomic E-state index is -4.74. The number of halogens is 3. The summed E-state index contributed by atoms with van der Waals surface area (Å²) >= 11 is 0. The molecule has 0 unspecified atom stereocenters. The molecule has 10 nitrogen and oxygen atoms in total. The van der Waals surface area contributed by atoms with Gasteiger partial charge in [0.05, 0.1) is 0 Å². The lowest BCUT2D eigenvalue weighted by atomic mass is 10.0. The van der Waals surface area contributed by atoms with Crippen molar-refractivity contribution >= 4 is 35.0 Å². The molecule has 3 aromatic rings. The van der Waals surface area contributed by atoms with Crippen LogP contribution < -0.4 is 16.4 Å². The van der Waals surface area contributed by atoms with Crippen LogP contribution in [-0.2, 0) is 6.18 Å². The molecule has 13 heteroatoms. The lowest BCUT2D eigenvalue weighted by molar-refractivity contribution is -0.144. The number of rotatable bonds is 6. The number of carbonyl (C=O) groups is 2. The number of hydrogen-bond acceptors (Lipinski definition) is 7. The van der Waals surface area contributed by atoms with Gasteiger partial charge in [0.25, 0.3) is 0 Å². The van der Waals surface area contributed by atoms with Gasteiger partial charge in [-0.15, -0.1) is 0 Å². The Balaban J connectivity index is 1.82. The van der Waals surface area contributed by atoms with Crippen molar-refractivity contribution in [2.75, 3.05) is 11.1 Å². The average Bonchev–Trinajstić information content (AvgIpc) is 3.13. The largest absolute Gasteiger partial charge is 0.451 e. The van der Waals surface area contributed by atoms with Crippen LogP contribution in [0.2, 0.25) is 0 Å². The van der Waals surface area contributed by atoms with Crippen molar-refractivity contribution in [2.45, 2.75) is 13.1 Å². The van der Waals surface area contributed by atoms with Crippen LogP contribution in [0.4, 0.5) is 29.6 Å². The highest BCUT2D eigenvalue weighted by Crippen LogP contribution is 2.29. The smallest absolute Gasteiger partial charge is 0.382 e. The summed E-state index contributed by atoms with van der Waals surface area (Å²) in [6.45, 7) is 5.29. The Labute approximate surface area is 184 Å². The van der Waals surface area contributed by atoms with Gasteiger partial charge in [0.2, 0.25) is 5.82 Å². The molecule has 0 aromatic carbocycles. The van der Waals surface area contributed by atoms with E-state index in [0.717, 1.165) is 12.3 Å². The summed E-state index contributed by atoms with van der Waals surface area (Å²) in [5, 5.41) is 8.68. The molecule has 0 saturated heterocycles. The fraction of sp³-hybridized carbons (Fsp3) is 0.100. The number of nitrogen functional groups attached to an aromatic ring is 1. The number of aldehydes is 1. The number of alkyl halides is 3. The number of nitrogens with one attached hydrogen (secondary N) is 2. The van der Waals surface area contributed by atoms with Crippen LogP contribution in [0.3, 0.4) is 0 Å².